The van der Waals surface area contributed by atoms with Gasteiger partial charge < -0.3 is 23.2 Å². The van der Waals surface area contributed by atoms with E-state index >= 15 is 0 Å². The topological polar surface area (TPSA) is 144 Å². The Morgan fingerprint density at radius 3 is 1.60 bits per heavy atom. The number of benzene rings is 4. The molecule has 6 aromatic rings. The van der Waals surface area contributed by atoms with Gasteiger partial charge in [-0.05, 0) is 65.1 Å². The zero-order valence-electron chi connectivity index (χ0n) is 24.5. The Labute approximate surface area is 257 Å². The third-order valence-electron chi connectivity index (χ3n) is 7.65. The maximum absolute atomic E-state index is 13.4. The van der Waals surface area contributed by atoms with E-state index in [9.17, 15) is 28.2 Å². The lowest BCUT2D eigenvalue weighted by atomic mass is 9.84. The highest BCUT2D eigenvalue weighted by molar-refractivity contribution is 7.87. The lowest BCUT2D eigenvalue weighted by Gasteiger charge is -2.20. The molecule has 2 N–H and O–H groups in total. The smallest absolute Gasteiger partial charge is 0.344 e. The molecule has 0 atom stereocenters. The summed E-state index contributed by atoms with van der Waals surface area (Å²) < 4.78 is 42.5. The fourth-order valence-corrected chi connectivity index (χ4v) is 6.22. The van der Waals surface area contributed by atoms with Crippen molar-refractivity contribution in [3.05, 3.63) is 140 Å². The molecule has 6 rings (SSSR count). The van der Waals surface area contributed by atoms with E-state index in [1.807, 2.05) is 20.8 Å². The minimum absolute atomic E-state index is 0.0326. The van der Waals surface area contributed by atoms with Crippen LogP contribution >= 0.6 is 0 Å². The second-order valence-electron chi connectivity index (χ2n) is 11.6. The third kappa shape index (κ3) is 5.44. The fraction of sp³-hybridized carbons (Fsp3) is 0.143. The first-order valence-corrected chi connectivity index (χ1v) is 15.4. The van der Waals surface area contributed by atoms with Crippen molar-refractivity contribution in [2.45, 2.75) is 37.0 Å². The van der Waals surface area contributed by atoms with Crippen LogP contribution in [0.4, 0.5) is 0 Å². The van der Waals surface area contributed by atoms with Crippen LogP contribution in [0.1, 0.15) is 48.9 Å². The molecule has 2 heterocycles. The summed E-state index contributed by atoms with van der Waals surface area (Å²) in [6.45, 7) is 6.06. The Hall–Kier alpha value is -5.35. The van der Waals surface area contributed by atoms with E-state index in [1.165, 1.54) is 48.5 Å². The summed E-state index contributed by atoms with van der Waals surface area (Å²) in [4.78, 5) is 26.7. The number of aromatic hydroxyl groups is 2. The molecular weight excluding hydrogens is 596 g/mol. The first-order chi connectivity index (χ1) is 21.3. The molecule has 0 radical (unpaired) electrons. The number of hydrogen-bond donors (Lipinski definition) is 2. The summed E-state index contributed by atoms with van der Waals surface area (Å²) >= 11 is 0. The van der Waals surface area contributed by atoms with Gasteiger partial charge in [0.05, 0.1) is 27.8 Å². The van der Waals surface area contributed by atoms with Gasteiger partial charge in [-0.25, -0.2) is 9.59 Å². The zero-order chi connectivity index (χ0) is 32.1. The molecule has 10 heteroatoms. The number of rotatable bonds is 6. The molecule has 9 nitrogen and oxygen atoms in total. The first kappa shape index (κ1) is 29.7. The Morgan fingerprint density at radius 2 is 1.13 bits per heavy atom. The van der Waals surface area contributed by atoms with E-state index in [4.69, 9.17) is 13.0 Å². The predicted octanol–water partition coefficient (Wildman–Crippen LogP) is 6.56. The average molecular weight is 625 g/mol. The van der Waals surface area contributed by atoms with E-state index < -0.39 is 38.8 Å². The Kier molecular flexibility index (Phi) is 7.25. The lowest BCUT2D eigenvalue weighted by Crippen LogP contribution is -2.21. The summed E-state index contributed by atoms with van der Waals surface area (Å²) in [5.41, 5.74) is -1.22. The molecule has 45 heavy (non-hydrogen) atoms. The molecule has 0 aliphatic rings. The molecule has 0 aliphatic heterocycles. The van der Waals surface area contributed by atoms with Crippen LogP contribution in [0, 0.1) is 0 Å². The Morgan fingerprint density at radius 1 is 0.667 bits per heavy atom. The largest absolute Gasteiger partial charge is 0.507 e. The van der Waals surface area contributed by atoms with Gasteiger partial charge in [0.15, 0.2) is 0 Å². The highest BCUT2D eigenvalue weighted by Gasteiger charge is 2.32. The van der Waals surface area contributed by atoms with E-state index in [2.05, 4.69) is 0 Å². The van der Waals surface area contributed by atoms with Crippen molar-refractivity contribution in [1.29, 1.82) is 0 Å². The third-order valence-corrected chi connectivity index (χ3v) is 8.91. The van der Waals surface area contributed by atoms with Gasteiger partial charge in [0.2, 0.25) is 0 Å². The normalized spacial score (nSPS) is 12.2. The first-order valence-electron chi connectivity index (χ1n) is 14.0. The molecule has 2 aromatic heterocycles. The quantitative estimate of drug-likeness (QED) is 0.156. The summed E-state index contributed by atoms with van der Waals surface area (Å²) in [6.07, 6.45) is 0. The van der Waals surface area contributed by atoms with Crippen LogP contribution < -0.4 is 15.4 Å². The van der Waals surface area contributed by atoms with Crippen molar-refractivity contribution in [1.82, 2.24) is 0 Å². The highest BCUT2D eigenvalue weighted by Crippen LogP contribution is 2.42. The molecular formula is C35H28O9S. The SMILES string of the molecule is CC(C)(C)c1ccc(S(=O)(=O)Oc2ccc(C(c3c(O)c4ccccc4oc3=O)c3c(O)c4ccccc4oc3=O)cc2)cc1. The van der Waals surface area contributed by atoms with Crippen LogP contribution in [-0.4, -0.2) is 18.6 Å². The van der Waals surface area contributed by atoms with Crippen molar-refractivity contribution in [3.8, 4) is 17.2 Å². The second-order valence-corrected chi connectivity index (χ2v) is 13.2. The van der Waals surface area contributed by atoms with Crippen molar-refractivity contribution >= 4 is 32.1 Å². The summed E-state index contributed by atoms with van der Waals surface area (Å²) in [6, 6.07) is 24.7. The lowest BCUT2D eigenvalue weighted by molar-refractivity contribution is 0.441. The van der Waals surface area contributed by atoms with Crippen molar-refractivity contribution in [3.63, 3.8) is 0 Å². The van der Waals surface area contributed by atoms with Gasteiger partial charge in [-0.2, -0.15) is 8.42 Å². The minimum Gasteiger partial charge on any atom is -0.507 e. The maximum Gasteiger partial charge on any atom is 0.344 e. The van der Waals surface area contributed by atoms with E-state index in [0.717, 1.165) is 5.56 Å². The summed E-state index contributed by atoms with van der Waals surface area (Å²) in [5.74, 6) is -2.30. The van der Waals surface area contributed by atoms with E-state index in [1.54, 1.807) is 48.5 Å². The standard InChI is InChI=1S/C35H28O9S/c1-35(2,3)21-14-18-23(19-15-21)45(40,41)44-22-16-12-20(13-17-22)28(29-31(36)24-8-4-6-10-26(24)42-33(29)38)30-32(37)25-9-5-7-11-27(25)43-34(30)39/h4-19,28,36-37H,1-3H3. The summed E-state index contributed by atoms with van der Waals surface area (Å²) in [5, 5.41) is 23.1. The Balaban J connectivity index is 1.47. The van der Waals surface area contributed by atoms with Crippen LogP contribution in [0.25, 0.3) is 21.9 Å². The molecule has 0 unspecified atom stereocenters. The predicted molar refractivity (Wildman–Crippen MR) is 169 cm³/mol. The van der Waals surface area contributed by atoms with Crippen LogP contribution in [0.5, 0.6) is 17.2 Å². The maximum atomic E-state index is 13.4. The van der Waals surface area contributed by atoms with Crippen LogP contribution in [-0.2, 0) is 15.5 Å². The van der Waals surface area contributed by atoms with Gasteiger partial charge >= 0.3 is 21.4 Å². The second kappa shape index (κ2) is 11.0. The molecule has 0 bridgehead atoms. The zero-order valence-corrected chi connectivity index (χ0v) is 25.3. The number of hydrogen-bond acceptors (Lipinski definition) is 9. The monoisotopic (exact) mass is 624 g/mol. The molecule has 228 valence electrons. The van der Waals surface area contributed by atoms with Crippen molar-refractivity contribution < 1.29 is 31.6 Å². The molecule has 0 saturated heterocycles. The number of para-hydroxylation sites is 2. The molecule has 0 aliphatic carbocycles. The van der Waals surface area contributed by atoms with Crippen molar-refractivity contribution in [2.75, 3.05) is 0 Å². The van der Waals surface area contributed by atoms with E-state index in [0.29, 0.717) is 0 Å². The number of fused-ring (bicyclic) bond motifs is 2. The highest BCUT2D eigenvalue weighted by atomic mass is 32.2. The molecule has 0 spiro atoms. The van der Waals surface area contributed by atoms with Crippen molar-refractivity contribution in [2.24, 2.45) is 0 Å². The minimum atomic E-state index is -4.20. The van der Waals surface area contributed by atoms with Gasteiger partial charge in [0.25, 0.3) is 0 Å². The van der Waals surface area contributed by atoms with Gasteiger partial charge in [0, 0.05) is 0 Å². The Bertz CT molecular complexity index is 2190. The fourth-order valence-electron chi connectivity index (χ4n) is 5.29. The summed E-state index contributed by atoms with van der Waals surface area (Å²) in [7, 11) is -4.20. The van der Waals surface area contributed by atoms with Gasteiger partial charge in [-0.15, -0.1) is 0 Å². The molecule has 0 saturated carbocycles. The molecule has 0 amide bonds. The van der Waals surface area contributed by atoms with Gasteiger partial charge in [-0.3, -0.25) is 0 Å². The average Bonchev–Trinajstić information content (AvgIpc) is 3.00. The van der Waals surface area contributed by atoms with Gasteiger partial charge in [0.1, 0.15) is 33.3 Å². The van der Waals surface area contributed by atoms with Gasteiger partial charge in [-0.1, -0.05) is 69.3 Å². The van der Waals surface area contributed by atoms with Crippen LogP contribution in [0.15, 0.2) is 120 Å². The molecule has 0 fully saturated rings. The van der Waals surface area contributed by atoms with Crippen LogP contribution in [0.3, 0.4) is 0 Å². The van der Waals surface area contributed by atoms with E-state index in [-0.39, 0.29) is 54.7 Å². The van der Waals surface area contributed by atoms with Crippen LogP contribution in [0.2, 0.25) is 0 Å². The molecule has 4 aromatic carbocycles.